The van der Waals surface area contributed by atoms with Crippen molar-refractivity contribution in [2.45, 2.75) is 6.54 Å². The van der Waals surface area contributed by atoms with Crippen LogP contribution in [0.15, 0.2) is 61.1 Å². The molecule has 34 heavy (non-hydrogen) atoms. The fourth-order valence-electron chi connectivity index (χ4n) is 3.64. The first-order valence-electron chi connectivity index (χ1n) is 10.1. The molecule has 2 aromatic carbocycles. The molecule has 170 valence electrons. The van der Waals surface area contributed by atoms with E-state index in [1.807, 2.05) is 42.5 Å². The van der Waals surface area contributed by atoms with Crippen LogP contribution < -0.4 is 4.74 Å². The van der Waals surface area contributed by atoms with Crippen molar-refractivity contribution in [3.05, 3.63) is 77.2 Å². The van der Waals surface area contributed by atoms with Crippen LogP contribution in [0.5, 0.6) is 11.6 Å². The molecular weight excluding hydrogens is 460 g/mol. The van der Waals surface area contributed by atoms with Gasteiger partial charge in [0.2, 0.25) is 5.88 Å². The summed E-state index contributed by atoms with van der Waals surface area (Å²) in [4.78, 5) is 19.5. The maximum atomic E-state index is 11.1. The zero-order chi connectivity index (χ0) is 23.8. The van der Waals surface area contributed by atoms with Gasteiger partial charge >= 0.3 is 5.97 Å². The number of nitrogens with zero attached hydrogens (tertiary/aromatic N) is 6. The maximum absolute atomic E-state index is 11.1. The number of methoxy groups -OCH3 is 1. The highest BCUT2D eigenvalue weighted by atomic mass is 35.5. The van der Waals surface area contributed by atoms with E-state index < -0.39 is 5.97 Å². The van der Waals surface area contributed by atoms with Crippen molar-refractivity contribution in [3.63, 3.8) is 0 Å². The SMILES string of the molecule is COc1cccc(Cl)c1-c1ccc(Cn2ncc3nc(-n4cc(C(=O)O)cn4)nc(O)c32)cc1. The van der Waals surface area contributed by atoms with Crippen LogP contribution in [0.25, 0.3) is 28.1 Å². The molecule has 5 rings (SSSR count). The van der Waals surface area contributed by atoms with E-state index in [-0.39, 0.29) is 17.4 Å². The predicted octanol–water partition coefficient (Wildman–Crippen LogP) is 3.79. The molecule has 11 heteroatoms. The first-order valence-corrected chi connectivity index (χ1v) is 10.4. The minimum absolute atomic E-state index is 0.0169. The third-order valence-corrected chi connectivity index (χ3v) is 5.58. The number of carboxylic acid groups (broad SMARTS) is 1. The first kappa shape index (κ1) is 21.4. The van der Waals surface area contributed by atoms with Gasteiger partial charge in [-0.1, -0.05) is 41.9 Å². The molecule has 0 radical (unpaired) electrons. The molecule has 0 saturated carbocycles. The number of hydrogen-bond donors (Lipinski definition) is 2. The van der Waals surface area contributed by atoms with Crippen molar-refractivity contribution in [2.24, 2.45) is 0 Å². The van der Waals surface area contributed by atoms with E-state index >= 15 is 0 Å². The molecule has 0 bridgehead atoms. The Bertz CT molecular complexity index is 1530. The lowest BCUT2D eigenvalue weighted by Gasteiger charge is -2.11. The van der Waals surface area contributed by atoms with Gasteiger partial charge in [0.15, 0.2) is 0 Å². The van der Waals surface area contributed by atoms with Gasteiger partial charge in [-0.2, -0.15) is 15.2 Å². The number of hydrogen-bond acceptors (Lipinski definition) is 7. The molecule has 0 aliphatic rings. The third kappa shape index (κ3) is 3.80. The van der Waals surface area contributed by atoms with Gasteiger partial charge in [0.25, 0.3) is 5.95 Å². The second kappa shape index (κ2) is 8.49. The summed E-state index contributed by atoms with van der Waals surface area (Å²) in [7, 11) is 1.60. The summed E-state index contributed by atoms with van der Waals surface area (Å²) in [5.41, 5.74) is 3.38. The second-order valence-corrected chi connectivity index (χ2v) is 7.78. The van der Waals surface area contributed by atoms with Crippen LogP contribution in [0.4, 0.5) is 0 Å². The number of aromatic nitrogens is 6. The lowest BCUT2D eigenvalue weighted by Crippen LogP contribution is -2.05. The number of aromatic hydroxyl groups is 1. The number of fused-ring (bicyclic) bond motifs is 1. The van der Waals surface area contributed by atoms with Crippen molar-refractivity contribution in [2.75, 3.05) is 7.11 Å². The van der Waals surface area contributed by atoms with Gasteiger partial charge < -0.3 is 14.9 Å². The van der Waals surface area contributed by atoms with Gasteiger partial charge in [-0.3, -0.25) is 4.68 Å². The van der Waals surface area contributed by atoms with Gasteiger partial charge in [0.1, 0.15) is 16.8 Å². The average molecular weight is 477 g/mol. The number of rotatable bonds is 6. The molecule has 0 amide bonds. The topological polar surface area (TPSA) is 128 Å². The summed E-state index contributed by atoms with van der Waals surface area (Å²) in [5, 5.41) is 28.5. The highest BCUT2D eigenvalue weighted by molar-refractivity contribution is 6.33. The van der Waals surface area contributed by atoms with E-state index in [9.17, 15) is 9.90 Å². The van der Waals surface area contributed by atoms with Gasteiger partial charge in [-0.05, 0) is 23.3 Å². The van der Waals surface area contributed by atoms with Crippen molar-refractivity contribution in [3.8, 4) is 28.7 Å². The Balaban J connectivity index is 1.44. The fraction of sp³-hybridized carbons (Fsp3) is 0.0870. The summed E-state index contributed by atoms with van der Waals surface area (Å²) in [6, 6.07) is 13.3. The Morgan fingerprint density at radius 3 is 2.59 bits per heavy atom. The average Bonchev–Trinajstić information content (AvgIpc) is 3.48. The van der Waals surface area contributed by atoms with Gasteiger partial charge in [0, 0.05) is 11.8 Å². The molecule has 0 saturated heterocycles. The quantitative estimate of drug-likeness (QED) is 0.378. The van der Waals surface area contributed by atoms with Crippen molar-refractivity contribution in [1.29, 1.82) is 0 Å². The Labute approximate surface area is 197 Å². The Morgan fingerprint density at radius 1 is 1.09 bits per heavy atom. The molecule has 0 fully saturated rings. The maximum Gasteiger partial charge on any atom is 0.338 e. The molecule has 5 aromatic rings. The predicted molar refractivity (Wildman–Crippen MR) is 124 cm³/mol. The van der Waals surface area contributed by atoms with Crippen molar-refractivity contribution in [1.82, 2.24) is 29.5 Å². The number of aromatic carboxylic acids is 1. The first-order chi connectivity index (χ1) is 16.4. The smallest absolute Gasteiger partial charge is 0.338 e. The van der Waals surface area contributed by atoms with Crippen LogP contribution in [0, 0.1) is 0 Å². The van der Waals surface area contributed by atoms with Crippen LogP contribution in [0.1, 0.15) is 15.9 Å². The molecule has 2 N–H and O–H groups in total. The molecule has 0 aliphatic carbocycles. The minimum atomic E-state index is -1.12. The van der Waals surface area contributed by atoms with Crippen molar-refractivity contribution >= 4 is 28.6 Å². The molecule has 0 unspecified atom stereocenters. The summed E-state index contributed by atoms with van der Waals surface area (Å²) >= 11 is 6.38. The number of benzene rings is 2. The highest BCUT2D eigenvalue weighted by Crippen LogP contribution is 2.36. The monoisotopic (exact) mass is 476 g/mol. The molecule has 3 heterocycles. The standard InChI is InChI=1S/C23H17ClN6O4/c1-34-18-4-2-3-16(24)19(18)14-7-5-13(6-8-14)11-29-20-17(10-26-29)27-23(28-21(20)31)30-12-15(9-25-30)22(32)33/h2-10,12H,11H2,1H3,(H,32,33)(H,27,28,31). The number of carbonyl (C=O) groups is 1. The number of halogens is 1. The molecule has 0 atom stereocenters. The normalized spacial score (nSPS) is 11.1. The van der Waals surface area contributed by atoms with E-state index in [0.717, 1.165) is 16.7 Å². The Kier molecular flexibility index (Phi) is 5.34. The fourth-order valence-corrected chi connectivity index (χ4v) is 3.91. The summed E-state index contributed by atoms with van der Waals surface area (Å²) < 4.78 is 8.21. The zero-order valence-corrected chi connectivity index (χ0v) is 18.5. The second-order valence-electron chi connectivity index (χ2n) is 7.38. The summed E-state index contributed by atoms with van der Waals surface area (Å²) in [6.45, 7) is 0.366. The van der Waals surface area contributed by atoms with E-state index in [1.165, 1.54) is 23.3 Å². The Morgan fingerprint density at radius 2 is 1.88 bits per heavy atom. The van der Waals surface area contributed by atoms with Crippen LogP contribution in [0.3, 0.4) is 0 Å². The lowest BCUT2D eigenvalue weighted by atomic mass is 10.0. The molecule has 0 aliphatic heterocycles. The summed E-state index contributed by atoms with van der Waals surface area (Å²) in [5.74, 6) is -0.690. The largest absolute Gasteiger partial charge is 0.496 e. The molecule has 3 aromatic heterocycles. The van der Waals surface area contributed by atoms with Crippen LogP contribution in [-0.2, 0) is 6.54 Å². The third-order valence-electron chi connectivity index (χ3n) is 5.26. The number of carboxylic acids is 1. The molecule has 10 nitrogen and oxygen atoms in total. The van der Waals surface area contributed by atoms with Crippen molar-refractivity contribution < 1.29 is 19.7 Å². The van der Waals surface area contributed by atoms with Crippen LogP contribution in [0.2, 0.25) is 5.02 Å². The van der Waals surface area contributed by atoms with E-state index in [4.69, 9.17) is 21.4 Å². The van der Waals surface area contributed by atoms with E-state index in [1.54, 1.807) is 11.8 Å². The highest BCUT2D eigenvalue weighted by Gasteiger charge is 2.16. The van der Waals surface area contributed by atoms with Gasteiger partial charge in [0.05, 0.1) is 36.6 Å². The Hall–Kier alpha value is -4.44. The summed E-state index contributed by atoms with van der Waals surface area (Å²) in [6.07, 6.45) is 3.95. The number of ether oxygens (including phenoxy) is 1. The zero-order valence-electron chi connectivity index (χ0n) is 17.8. The van der Waals surface area contributed by atoms with Gasteiger partial charge in [-0.25, -0.2) is 14.5 Å². The molecular formula is C23H17ClN6O4. The van der Waals surface area contributed by atoms with Gasteiger partial charge in [-0.15, -0.1) is 0 Å². The van der Waals surface area contributed by atoms with E-state index in [0.29, 0.717) is 28.4 Å². The van der Waals surface area contributed by atoms with Crippen LogP contribution >= 0.6 is 11.6 Å². The van der Waals surface area contributed by atoms with E-state index in [2.05, 4.69) is 20.2 Å². The lowest BCUT2D eigenvalue weighted by molar-refractivity contribution is 0.0697. The molecule has 0 spiro atoms. The minimum Gasteiger partial charge on any atom is -0.496 e. The van der Waals surface area contributed by atoms with Crippen LogP contribution in [-0.4, -0.2) is 52.8 Å².